The Hall–Kier alpha value is -2.12. The molecule has 2 saturated heterocycles. The number of likely N-dealkylation sites (tertiary alicyclic amines) is 1. The van der Waals surface area contributed by atoms with Crippen LogP contribution in [0.5, 0.6) is 0 Å². The van der Waals surface area contributed by atoms with Crippen molar-refractivity contribution in [1.29, 1.82) is 0 Å². The second-order valence-electron chi connectivity index (χ2n) is 7.15. The van der Waals surface area contributed by atoms with Gasteiger partial charge in [-0.1, -0.05) is 12.1 Å². The summed E-state index contributed by atoms with van der Waals surface area (Å²) in [4.78, 5) is 31.0. The quantitative estimate of drug-likeness (QED) is 0.816. The van der Waals surface area contributed by atoms with Gasteiger partial charge in [0.1, 0.15) is 0 Å². The number of para-hydroxylation sites is 2. The Bertz CT molecular complexity index is 643. The second-order valence-corrected chi connectivity index (χ2v) is 7.15. The standard InChI is InChI=1S/C19H28N4O3/c1-21(2)7-8-23-14-15(13-18(23)24)19(25)20-16-5-3-4-6-17(16)22-9-11-26-12-10-22/h3-6,15H,7-14H2,1-2H3,(H,20,25). The van der Waals surface area contributed by atoms with Crippen LogP contribution in [-0.2, 0) is 14.3 Å². The van der Waals surface area contributed by atoms with Gasteiger partial charge in [0.15, 0.2) is 0 Å². The summed E-state index contributed by atoms with van der Waals surface area (Å²) in [7, 11) is 3.96. The Morgan fingerprint density at radius 1 is 1.27 bits per heavy atom. The molecule has 26 heavy (non-hydrogen) atoms. The second kappa shape index (κ2) is 8.51. The third kappa shape index (κ3) is 4.53. The molecule has 7 heteroatoms. The van der Waals surface area contributed by atoms with Crippen LogP contribution in [0.15, 0.2) is 24.3 Å². The van der Waals surface area contributed by atoms with E-state index in [0.29, 0.717) is 32.7 Å². The molecule has 0 spiro atoms. The molecule has 1 aromatic carbocycles. The van der Waals surface area contributed by atoms with Crippen molar-refractivity contribution in [3.8, 4) is 0 Å². The number of nitrogens with zero attached hydrogens (tertiary/aromatic N) is 3. The molecule has 2 fully saturated rings. The monoisotopic (exact) mass is 360 g/mol. The lowest BCUT2D eigenvalue weighted by molar-refractivity contribution is -0.128. The van der Waals surface area contributed by atoms with E-state index in [2.05, 4.69) is 10.2 Å². The number of rotatable bonds is 6. The van der Waals surface area contributed by atoms with Crippen LogP contribution in [0.25, 0.3) is 0 Å². The topological polar surface area (TPSA) is 65.1 Å². The molecule has 2 heterocycles. The van der Waals surface area contributed by atoms with E-state index in [0.717, 1.165) is 31.0 Å². The number of likely N-dealkylation sites (N-methyl/N-ethyl adjacent to an activating group) is 1. The van der Waals surface area contributed by atoms with Gasteiger partial charge in [0, 0.05) is 39.1 Å². The molecule has 0 saturated carbocycles. The molecule has 7 nitrogen and oxygen atoms in total. The first-order valence-electron chi connectivity index (χ1n) is 9.19. The highest BCUT2D eigenvalue weighted by atomic mass is 16.5. The van der Waals surface area contributed by atoms with Crippen molar-refractivity contribution < 1.29 is 14.3 Å². The lowest BCUT2D eigenvalue weighted by atomic mass is 10.1. The van der Waals surface area contributed by atoms with Gasteiger partial charge in [-0.05, 0) is 26.2 Å². The maximum absolute atomic E-state index is 12.7. The number of ether oxygens (including phenoxy) is 1. The van der Waals surface area contributed by atoms with E-state index in [1.165, 1.54) is 0 Å². The molecule has 1 unspecified atom stereocenters. The molecule has 1 N–H and O–H groups in total. The third-order valence-corrected chi connectivity index (χ3v) is 4.92. The fourth-order valence-corrected chi connectivity index (χ4v) is 3.38. The first kappa shape index (κ1) is 18.7. The predicted molar refractivity (Wildman–Crippen MR) is 101 cm³/mol. The van der Waals surface area contributed by atoms with E-state index in [-0.39, 0.29) is 17.7 Å². The summed E-state index contributed by atoms with van der Waals surface area (Å²) >= 11 is 0. The van der Waals surface area contributed by atoms with Crippen LogP contribution in [0.4, 0.5) is 11.4 Å². The highest BCUT2D eigenvalue weighted by Crippen LogP contribution is 2.28. The summed E-state index contributed by atoms with van der Waals surface area (Å²) in [6.45, 7) is 4.98. The molecule has 2 aliphatic rings. The van der Waals surface area contributed by atoms with Crippen molar-refractivity contribution in [2.45, 2.75) is 6.42 Å². The predicted octanol–water partition coefficient (Wildman–Crippen LogP) is 0.872. The number of anilines is 2. The van der Waals surface area contributed by atoms with Gasteiger partial charge in [-0.15, -0.1) is 0 Å². The van der Waals surface area contributed by atoms with Gasteiger partial charge in [0.2, 0.25) is 11.8 Å². The SMILES string of the molecule is CN(C)CCN1CC(C(=O)Nc2ccccc2N2CCOCC2)CC1=O. The molecule has 2 amide bonds. The molecule has 142 valence electrons. The number of hydrogen-bond donors (Lipinski definition) is 1. The van der Waals surface area contributed by atoms with Crippen LogP contribution in [0.1, 0.15) is 6.42 Å². The van der Waals surface area contributed by atoms with Gasteiger partial charge in [0.05, 0.1) is 30.5 Å². The maximum atomic E-state index is 12.7. The Morgan fingerprint density at radius 2 is 2.00 bits per heavy atom. The van der Waals surface area contributed by atoms with Crippen molar-refractivity contribution in [3.63, 3.8) is 0 Å². The zero-order chi connectivity index (χ0) is 18.5. The first-order chi connectivity index (χ1) is 12.5. The van der Waals surface area contributed by atoms with E-state index in [4.69, 9.17) is 4.74 Å². The number of hydrogen-bond acceptors (Lipinski definition) is 5. The molecule has 1 atom stereocenters. The van der Waals surface area contributed by atoms with Crippen molar-refractivity contribution >= 4 is 23.2 Å². The summed E-state index contributed by atoms with van der Waals surface area (Å²) in [5.41, 5.74) is 1.82. The minimum Gasteiger partial charge on any atom is -0.378 e. The normalized spacial score (nSPS) is 20.7. The minimum absolute atomic E-state index is 0.0634. The molecule has 2 aliphatic heterocycles. The smallest absolute Gasteiger partial charge is 0.229 e. The summed E-state index contributed by atoms with van der Waals surface area (Å²) < 4.78 is 5.41. The summed E-state index contributed by atoms with van der Waals surface area (Å²) in [6.07, 6.45) is 0.291. The largest absolute Gasteiger partial charge is 0.378 e. The van der Waals surface area contributed by atoms with Gasteiger partial charge in [-0.25, -0.2) is 0 Å². The van der Waals surface area contributed by atoms with Crippen molar-refractivity contribution in [3.05, 3.63) is 24.3 Å². The zero-order valence-corrected chi connectivity index (χ0v) is 15.6. The number of morpholine rings is 1. The van der Waals surface area contributed by atoms with Crippen LogP contribution >= 0.6 is 0 Å². The lowest BCUT2D eigenvalue weighted by Gasteiger charge is -2.30. The van der Waals surface area contributed by atoms with Gasteiger partial charge in [-0.3, -0.25) is 9.59 Å². The zero-order valence-electron chi connectivity index (χ0n) is 15.6. The number of amides is 2. The van der Waals surface area contributed by atoms with Crippen LogP contribution in [0.3, 0.4) is 0 Å². The maximum Gasteiger partial charge on any atom is 0.229 e. The Morgan fingerprint density at radius 3 is 2.73 bits per heavy atom. The van der Waals surface area contributed by atoms with Gasteiger partial charge in [0.25, 0.3) is 0 Å². The molecule has 0 bridgehead atoms. The van der Waals surface area contributed by atoms with E-state index >= 15 is 0 Å². The molecular weight excluding hydrogens is 332 g/mol. The van der Waals surface area contributed by atoms with Crippen LogP contribution in [0, 0.1) is 5.92 Å². The third-order valence-electron chi connectivity index (χ3n) is 4.92. The van der Waals surface area contributed by atoms with Crippen LogP contribution in [0.2, 0.25) is 0 Å². The Kier molecular flexibility index (Phi) is 6.11. The molecular formula is C19H28N4O3. The number of carbonyl (C=O) groups is 2. The molecule has 0 radical (unpaired) electrons. The van der Waals surface area contributed by atoms with Gasteiger partial charge < -0.3 is 24.8 Å². The lowest BCUT2D eigenvalue weighted by Crippen LogP contribution is -2.37. The summed E-state index contributed by atoms with van der Waals surface area (Å²) in [5, 5.41) is 3.05. The van der Waals surface area contributed by atoms with Crippen molar-refractivity contribution in [2.24, 2.45) is 5.92 Å². The average Bonchev–Trinajstić information content (AvgIpc) is 3.02. The number of nitrogens with one attached hydrogen (secondary N) is 1. The van der Waals surface area contributed by atoms with Crippen molar-refractivity contribution in [1.82, 2.24) is 9.80 Å². The van der Waals surface area contributed by atoms with Crippen LogP contribution in [-0.4, -0.2) is 81.6 Å². The molecule has 3 rings (SSSR count). The van der Waals surface area contributed by atoms with E-state index in [9.17, 15) is 9.59 Å². The average molecular weight is 360 g/mol. The minimum atomic E-state index is -0.289. The summed E-state index contributed by atoms with van der Waals surface area (Å²) in [5.74, 6) is -0.303. The van der Waals surface area contributed by atoms with Crippen molar-refractivity contribution in [2.75, 3.05) is 70.2 Å². The number of carbonyl (C=O) groups excluding carboxylic acids is 2. The van der Waals surface area contributed by atoms with E-state index in [1.54, 1.807) is 4.90 Å². The van der Waals surface area contributed by atoms with E-state index < -0.39 is 0 Å². The van der Waals surface area contributed by atoms with Gasteiger partial charge >= 0.3 is 0 Å². The summed E-state index contributed by atoms with van der Waals surface area (Å²) in [6, 6.07) is 7.83. The molecule has 1 aromatic rings. The molecule has 0 aliphatic carbocycles. The Balaban J connectivity index is 1.62. The number of benzene rings is 1. The van der Waals surface area contributed by atoms with Crippen LogP contribution < -0.4 is 10.2 Å². The van der Waals surface area contributed by atoms with E-state index in [1.807, 2.05) is 43.3 Å². The fourth-order valence-electron chi connectivity index (χ4n) is 3.38. The Labute approximate surface area is 154 Å². The molecule has 0 aromatic heterocycles. The fraction of sp³-hybridized carbons (Fsp3) is 0.579. The first-order valence-corrected chi connectivity index (χ1v) is 9.19. The highest BCUT2D eigenvalue weighted by molar-refractivity contribution is 5.99. The van der Waals surface area contributed by atoms with Gasteiger partial charge in [-0.2, -0.15) is 0 Å². The highest BCUT2D eigenvalue weighted by Gasteiger charge is 2.34.